The normalized spacial score (nSPS) is 20.3. The largest absolute Gasteiger partial charge is 0.357 e. The maximum absolute atomic E-state index is 11.7. The third-order valence-electron chi connectivity index (χ3n) is 3.80. The minimum absolute atomic E-state index is 0.0292. The van der Waals surface area contributed by atoms with Crippen molar-refractivity contribution in [2.45, 2.75) is 45.1 Å². The van der Waals surface area contributed by atoms with Crippen LogP contribution in [0.3, 0.4) is 0 Å². The minimum atomic E-state index is 0.0292. The van der Waals surface area contributed by atoms with Gasteiger partial charge in [-0.05, 0) is 6.42 Å². The molecule has 2 aromatic heterocycles. The number of fused-ring (bicyclic) bond motifs is 1. The molecule has 0 saturated carbocycles. The Labute approximate surface area is 128 Å². The number of nitrogens with zero attached hydrogens (tertiary/aromatic N) is 4. The second-order valence-electron chi connectivity index (χ2n) is 6.66. The quantitative estimate of drug-likeness (QED) is 0.923. The lowest BCUT2D eigenvalue weighted by atomic mass is 9.93. The van der Waals surface area contributed by atoms with E-state index in [0.717, 1.165) is 28.8 Å². The van der Waals surface area contributed by atoms with Crippen LogP contribution >= 0.6 is 11.3 Å². The maximum Gasteiger partial charge on any atom is 0.224 e. The Bertz CT molecular complexity index is 637. The molecule has 1 saturated heterocycles. The molecule has 1 N–H and O–H groups in total. The Hall–Kier alpha value is -1.63. The van der Waals surface area contributed by atoms with E-state index >= 15 is 0 Å². The first-order chi connectivity index (χ1) is 9.83. The van der Waals surface area contributed by atoms with Gasteiger partial charge in [0.25, 0.3) is 0 Å². The molecule has 1 aliphatic rings. The third kappa shape index (κ3) is 2.88. The van der Waals surface area contributed by atoms with Gasteiger partial charge in [-0.25, -0.2) is 9.50 Å². The van der Waals surface area contributed by atoms with Crippen molar-refractivity contribution in [1.82, 2.24) is 19.5 Å². The van der Waals surface area contributed by atoms with Crippen molar-refractivity contribution in [2.75, 3.05) is 18.9 Å². The van der Waals surface area contributed by atoms with E-state index in [9.17, 15) is 4.79 Å². The first-order valence-electron chi connectivity index (χ1n) is 7.20. The molecule has 3 rings (SSSR count). The number of imidazole rings is 1. The van der Waals surface area contributed by atoms with Gasteiger partial charge in [-0.3, -0.25) is 4.79 Å². The van der Waals surface area contributed by atoms with Gasteiger partial charge in [-0.1, -0.05) is 32.1 Å². The zero-order chi connectivity index (χ0) is 15.2. The van der Waals surface area contributed by atoms with Crippen LogP contribution in [0.4, 0.5) is 5.13 Å². The molecule has 114 valence electrons. The predicted octanol–water partition coefficient (Wildman–Crippen LogP) is 2.12. The van der Waals surface area contributed by atoms with Crippen molar-refractivity contribution in [3.05, 3.63) is 11.9 Å². The standard InChI is InChI=1S/C14H21N5OS/c1-14(2,3)10-8-19-13(16-10)21-12(17-19)15-9-5-6-18(4)11(20)7-9/h8-9H,5-7H2,1-4H3,(H,15,17). The van der Waals surface area contributed by atoms with Crippen molar-refractivity contribution in [3.8, 4) is 0 Å². The second-order valence-corrected chi connectivity index (χ2v) is 7.62. The molecule has 3 heterocycles. The fraction of sp³-hybridized carbons (Fsp3) is 0.643. The van der Waals surface area contributed by atoms with Crippen molar-refractivity contribution in [3.63, 3.8) is 0 Å². The fourth-order valence-corrected chi connectivity index (χ4v) is 3.22. The van der Waals surface area contributed by atoms with E-state index in [4.69, 9.17) is 0 Å². The number of rotatable bonds is 2. The number of piperidine rings is 1. The molecular weight excluding hydrogens is 286 g/mol. The summed E-state index contributed by atoms with van der Waals surface area (Å²) in [5, 5.41) is 8.72. The van der Waals surface area contributed by atoms with Gasteiger partial charge in [-0.15, -0.1) is 5.10 Å². The van der Waals surface area contributed by atoms with E-state index < -0.39 is 0 Å². The number of nitrogens with one attached hydrogen (secondary N) is 1. The van der Waals surface area contributed by atoms with E-state index in [1.807, 2.05) is 17.8 Å². The van der Waals surface area contributed by atoms with Crippen LogP contribution in [-0.4, -0.2) is 45.0 Å². The number of anilines is 1. The first-order valence-corrected chi connectivity index (χ1v) is 8.02. The second kappa shape index (κ2) is 4.98. The molecule has 1 atom stereocenters. The Morgan fingerprint density at radius 2 is 2.19 bits per heavy atom. The zero-order valence-corrected chi connectivity index (χ0v) is 13.7. The highest BCUT2D eigenvalue weighted by Gasteiger charge is 2.24. The molecular formula is C14H21N5OS. The highest BCUT2D eigenvalue weighted by atomic mass is 32.1. The SMILES string of the molecule is CN1CCC(Nc2nn3cc(C(C)(C)C)nc3s2)CC1=O. The molecule has 21 heavy (non-hydrogen) atoms. The minimum Gasteiger partial charge on any atom is -0.357 e. The van der Waals surface area contributed by atoms with Gasteiger partial charge in [0, 0.05) is 31.5 Å². The van der Waals surface area contributed by atoms with Gasteiger partial charge in [0.15, 0.2) is 0 Å². The molecule has 0 bridgehead atoms. The van der Waals surface area contributed by atoms with Crippen LogP contribution in [0.25, 0.3) is 4.96 Å². The van der Waals surface area contributed by atoms with E-state index in [1.165, 1.54) is 11.3 Å². The number of likely N-dealkylation sites (tertiary alicyclic amines) is 1. The van der Waals surface area contributed by atoms with Crippen LogP contribution in [0.15, 0.2) is 6.20 Å². The summed E-state index contributed by atoms with van der Waals surface area (Å²) in [5.74, 6) is 0.190. The molecule has 0 radical (unpaired) electrons. The number of carbonyl (C=O) groups is 1. The summed E-state index contributed by atoms with van der Waals surface area (Å²) in [7, 11) is 1.85. The van der Waals surface area contributed by atoms with E-state index in [1.54, 1.807) is 4.90 Å². The lowest BCUT2D eigenvalue weighted by Gasteiger charge is -2.28. The van der Waals surface area contributed by atoms with E-state index in [-0.39, 0.29) is 17.4 Å². The average Bonchev–Trinajstić information content (AvgIpc) is 2.91. The van der Waals surface area contributed by atoms with Gasteiger partial charge in [0.1, 0.15) is 0 Å². The number of amides is 1. The van der Waals surface area contributed by atoms with Gasteiger partial charge in [0.2, 0.25) is 16.0 Å². The molecule has 7 heteroatoms. The molecule has 0 aliphatic carbocycles. The lowest BCUT2D eigenvalue weighted by molar-refractivity contribution is -0.132. The smallest absolute Gasteiger partial charge is 0.224 e. The summed E-state index contributed by atoms with van der Waals surface area (Å²) in [4.78, 5) is 19.0. The predicted molar refractivity (Wildman–Crippen MR) is 83.8 cm³/mol. The molecule has 1 amide bonds. The fourth-order valence-electron chi connectivity index (χ4n) is 2.36. The first kappa shape index (κ1) is 14.3. The van der Waals surface area contributed by atoms with Crippen LogP contribution in [-0.2, 0) is 10.2 Å². The summed E-state index contributed by atoms with van der Waals surface area (Å²) in [6, 6.07) is 0.173. The number of aromatic nitrogens is 3. The summed E-state index contributed by atoms with van der Waals surface area (Å²) >= 11 is 1.53. The molecule has 0 aromatic carbocycles. The monoisotopic (exact) mass is 307 g/mol. The van der Waals surface area contributed by atoms with Gasteiger partial charge < -0.3 is 10.2 Å². The third-order valence-corrected chi connectivity index (χ3v) is 4.65. The topological polar surface area (TPSA) is 62.5 Å². The summed E-state index contributed by atoms with van der Waals surface area (Å²) in [6.45, 7) is 7.22. The van der Waals surface area contributed by atoms with Crippen molar-refractivity contribution >= 4 is 27.3 Å². The summed E-state index contributed by atoms with van der Waals surface area (Å²) in [5.41, 5.74) is 1.07. The average molecular weight is 307 g/mol. The van der Waals surface area contributed by atoms with Crippen LogP contribution in [0.1, 0.15) is 39.3 Å². The summed E-state index contributed by atoms with van der Waals surface area (Å²) < 4.78 is 1.82. The molecule has 1 unspecified atom stereocenters. The van der Waals surface area contributed by atoms with Crippen LogP contribution in [0.2, 0.25) is 0 Å². The van der Waals surface area contributed by atoms with Crippen molar-refractivity contribution in [2.24, 2.45) is 0 Å². The number of carbonyl (C=O) groups excluding carboxylic acids is 1. The highest BCUT2D eigenvalue weighted by molar-refractivity contribution is 7.20. The Kier molecular flexibility index (Phi) is 3.39. The number of hydrogen-bond acceptors (Lipinski definition) is 5. The van der Waals surface area contributed by atoms with Gasteiger partial charge in [-0.2, -0.15) is 0 Å². The van der Waals surface area contributed by atoms with E-state index in [2.05, 4.69) is 36.2 Å². The molecule has 2 aromatic rings. The van der Waals surface area contributed by atoms with Crippen molar-refractivity contribution < 1.29 is 4.79 Å². The van der Waals surface area contributed by atoms with Crippen LogP contribution < -0.4 is 5.32 Å². The Morgan fingerprint density at radius 1 is 1.43 bits per heavy atom. The zero-order valence-electron chi connectivity index (χ0n) is 12.9. The number of hydrogen-bond donors (Lipinski definition) is 1. The van der Waals surface area contributed by atoms with Gasteiger partial charge >= 0.3 is 0 Å². The molecule has 6 nitrogen and oxygen atoms in total. The highest BCUT2D eigenvalue weighted by Crippen LogP contribution is 2.26. The Morgan fingerprint density at radius 3 is 2.81 bits per heavy atom. The summed E-state index contributed by atoms with van der Waals surface area (Å²) in [6.07, 6.45) is 3.47. The van der Waals surface area contributed by atoms with Gasteiger partial charge in [0.05, 0.1) is 11.9 Å². The van der Waals surface area contributed by atoms with E-state index in [0.29, 0.717) is 6.42 Å². The van der Waals surface area contributed by atoms with Crippen LogP contribution in [0, 0.1) is 0 Å². The molecule has 1 aliphatic heterocycles. The Balaban J connectivity index is 1.74. The van der Waals surface area contributed by atoms with Crippen molar-refractivity contribution in [1.29, 1.82) is 0 Å². The maximum atomic E-state index is 11.7. The molecule has 1 fully saturated rings. The lowest BCUT2D eigenvalue weighted by Crippen LogP contribution is -2.40. The van der Waals surface area contributed by atoms with Crippen LogP contribution in [0.5, 0.6) is 0 Å². The molecule has 0 spiro atoms.